The SMILES string of the molecule is c1cc2c3cc1CCCSSCCOc1ccc4c(c1)/C(=C\3CC2)CC4. The summed E-state index contributed by atoms with van der Waals surface area (Å²) in [4.78, 5) is 0. The van der Waals surface area contributed by atoms with Crippen LogP contribution in [0, 0.1) is 0 Å². The third kappa shape index (κ3) is 3.20. The molecule has 3 aliphatic rings. The molecule has 0 unspecified atom stereocenters. The van der Waals surface area contributed by atoms with Crippen molar-refractivity contribution >= 4 is 32.7 Å². The van der Waals surface area contributed by atoms with E-state index < -0.39 is 0 Å². The standard InChI is InChI=1S/C23H24OS2/c1-2-16-3-4-17-6-9-20(22(17)14-16)21-10-7-18-5-8-19(15-23(18)21)24-11-13-26-25-12-1/h3-5,8,14-15H,1-2,6-7,9-13H2/b21-20-. The zero-order valence-electron chi connectivity index (χ0n) is 15.1. The van der Waals surface area contributed by atoms with Gasteiger partial charge in [0.2, 0.25) is 0 Å². The second kappa shape index (κ2) is 7.36. The summed E-state index contributed by atoms with van der Waals surface area (Å²) in [7, 11) is 3.93. The Morgan fingerprint density at radius 3 is 2.27 bits per heavy atom. The lowest BCUT2D eigenvalue weighted by Crippen LogP contribution is -2.00. The Balaban J connectivity index is 1.60. The number of allylic oxidation sites excluding steroid dienone is 2. The van der Waals surface area contributed by atoms with Crippen molar-refractivity contribution in [3.8, 4) is 5.75 Å². The molecule has 4 bridgehead atoms. The minimum atomic E-state index is 0.797. The minimum absolute atomic E-state index is 0.797. The first-order valence-corrected chi connectivity index (χ1v) is 12.2. The van der Waals surface area contributed by atoms with Gasteiger partial charge in [-0.1, -0.05) is 45.9 Å². The topological polar surface area (TPSA) is 9.23 Å². The largest absolute Gasteiger partial charge is 0.493 e. The molecule has 0 aromatic heterocycles. The third-order valence-corrected chi connectivity index (χ3v) is 8.23. The van der Waals surface area contributed by atoms with Crippen LogP contribution in [-0.4, -0.2) is 18.1 Å². The van der Waals surface area contributed by atoms with Gasteiger partial charge in [-0.15, -0.1) is 0 Å². The second-order valence-corrected chi connectivity index (χ2v) is 10.1. The summed E-state index contributed by atoms with van der Waals surface area (Å²) in [5.74, 6) is 3.30. The summed E-state index contributed by atoms with van der Waals surface area (Å²) >= 11 is 0. The van der Waals surface area contributed by atoms with Gasteiger partial charge in [-0.05, 0) is 89.6 Å². The van der Waals surface area contributed by atoms with E-state index in [-0.39, 0.29) is 0 Å². The maximum absolute atomic E-state index is 6.05. The Morgan fingerprint density at radius 1 is 0.692 bits per heavy atom. The second-order valence-electron chi connectivity index (χ2n) is 7.36. The van der Waals surface area contributed by atoms with Gasteiger partial charge in [-0.2, -0.15) is 0 Å². The molecule has 2 aromatic carbocycles. The number of hydrogen-bond donors (Lipinski definition) is 0. The Labute approximate surface area is 164 Å². The molecule has 0 atom stereocenters. The first kappa shape index (κ1) is 16.8. The van der Waals surface area contributed by atoms with Crippen LogP contribution in [0.1, 0.15) is 47.1 Å². The summed E-state index contributed by atoms with van der Waals surface area (Å²) < 4.78 is 6.05. The molecule has 0 fully saturated rings. The summed E-state index contributed by atoms with van der Waals surface area (Å²) in [6.45, 7) is 0.797. The smallest absolute Gasteiger partial charge is 0.119 e. The average molecular weight is 381 g/mol. The predicted octanol–water partition coefficient (Wildman–Crippen LogP) is 6.20. The van der Waals surface area contributed by atoms with Crippen molar-refractivity contribution in [2.24, 2.45) is 0 Å². The van der Waals surface area contributed by atoms with Crippen LogP contribution in [-0.2, 0) is 19.3 Å². The molecule has 0 radical (unpaired) electrons. The Morgan fingerprint density at radius 2 is 1.42 bits per heavy atom. The van der Waals surface area contributed by atoms with Gasteiger partial charge in [0.1, 0.15) is 5.75 Å². The lowest BCUT2D eigenvalue weighted by atomic mass is 9.95. The molecule has 2 aromatic rings. The zero-order valence-corrected chi connectivity index (χ0v) is 16.7. The number of benzene rings is 2. The third-order valence-electron chi connectivity index (χ3n) is 5.77. The molecule has 134 valence electrons. The minimum Gasteiger partial charge on any atom is -0.493 e. The quantitative estimate of drug-likeness (QED) is 0.504. The van der Waals surface area contributed by atoms with E-state index in [1.807, 2.05) is 21.6 Å². The van der Waals surface area contributed by atoms with Crippen molar-refractivity contribution < 1.29 is 4.74 Å². The molecule has 0 spiro atoms. The van der Waals surface area contributed by atoms with Gasteiger partial charge in [0, 0.05) is 11.5 Å². The molecule has 0 saturated carbocycles. The van der Waals surface area contributed by atoms with Gasteiger partial charge < -0.3 is 4.74 Å². The van der Waals surface area contributed by atoms with Crippen LogP contribution in [0.3, 0.4) is 0 Å². The fourth-order valence-corrected chi connectivity index (χ4v) is 6.40. The highest BCUT2D eigenvalue weighted by Gasteiger charge is 2.25. The van der Waals surface area contributed by atoms with E-state index in [0.717, 1.165) is 18.1 Å². The molecule has 5 rings (SSSR count). The molecule has 1 nitrogen and oxygen atoms in total. The van der Waals surface area contributed by atoms with Gasteiger partial charge in [0.25, 0.3) is 0 Å². The maximum atomic E-state index is 6.05. The summed E-state index contributed by atoms with van der Waals surface area (Å²) in [5.41, 5.74) is 10.7. The molecular formula is C23H24OS2. The fourth-order valence-electron chi connectivity index (χ4n) is 4.48. The Kier molecular flexibility index (Phi) is 4.76. The molecule has 0 amide bonds. The summed E-state index contributed by atoms with van der Waals surface area (Å²) in [6.07, 6.45) is 7.21. The molecule has 26 heavy (non-hydrogen) atoms. The first-order valence-electron chi connectivity index (χ1n) is 9.73. The van der Waals surface area contributed by atoms with Gasteiger partial charge in [-0.25, -0.2) is 0 Å². The molecule has 0 saturated heterocycles. The summed E-state index contributed by atoms with van der Waals surface area (Å²) in [5, 5.41) is 0. The average Bonchev–Trinajstić information content (AvgIpc) is 3.26. The predicted molar refractivity (Wildman–Crippen MR) is 115 cm³/mol. The van der Waals surface area contributed by atoms with E-state index in [1.54, 1.807) is 16.7 Å². The molecule has 2 aliphatic carbocycles. The number of hydrogen-bond acceptors (Lipinski definition) is 3. The highest BCUT2D eigenvalue weighted by atomic mass is 33.1. The molecular weight excluding hydrogens is 356 g/mol. The van der Waals surface area contributed by atoms with Crippen LogP contribution >= 0.6 is 21.6 Å². The van der Waals surface area contributed by atoms with Crippen molar-refractivity contribution in [2.75, 3.05) is 18.1 Å². The summed E-state index contributed by atoms with van der Waals surface area (Å²) in [6, 6.07) is 14.0. The Hall–Kier alpha value is -1.32. The lowest BCUT2D eigenvalue weighted by molar-refractivity contribution is 0.344. The van der Waals surface area contributed by atoms with Gasteiger partial charge in [0.05, 0.1) is 6.61 Å². The van der Waals surface area contributed by atoms with Crippen LogP contribution in [0.5, 0.6) is 5.75 Å². The van der Waals surface area contributed by atoms with Crippen molar-refractivity contribution in [2.45, 2.75) is 38.5 Å². The van der Waals surface area contributed by atoms with Crippen LogP contribution in [0.25, 0.3) is 11.1 Å². The highest BCUT2D eigenvalue weighted by Crippen LogP contribution is 2.45. The number of rotatable bonds is 0. The van der Waals surface area contributed by atoms with Gasteiger partial charge in [-0.3, -0.25) is 0 Å². The molecule has 0 N–H and O–H groups in total. The van der Waals surface area contributed by atoms with Crippen molar-refractivity contribution in [3.63, 3.8) is 0 Å². The molecule has 1 heterocycles. The maximum Gasteiger partial charge on any atom is 0.119 e. The zero-order chi connectivity index (χ0) is 17.3. The number of aryl methyl sites for hydroxylation is 3. The van der Waals surface area contributed by atoms with E-state index >= 15 is 0 Å². The van der Waals surface area contributed by atoms with E-state index in [1.165, 1.54) is 66.5 Å². The number of fused-ring (bicyclic) bond motifs is 2. The normalized spacial score (nSPS) is 22.3. The number of ether oxygens (including phenoxy) is 1. The van der Waals surface area contributed by atoms with Gasteiger partial charge >= 0.3 is 0 Å². The lowest BCUT2D eigenvalue weighted by Gasteiger charge is -2.12. The van der Waals surface area contributed by atoms with E-state index in [2.05, 4.69) is 36.4 Å². The van der Waals surface area contributed by atoms with Crippen LogP contribution in [0.15, 0.2) is 36.4 Å². The van der Waals surface area contributed by atoms with Crippen molar-refractivity contribution in [3.05, 3.63) is 64.2 Å². The monoisotopic (exact) mass is 380 g/mol. The van der Waals surface area contributed by atoms with Crippen molar-refractivity contribution in [1.82, 2.24) is 0 Å². The van der Waals surface area contributed by atoms with Crippen molar-refractivity contribution in [1.29, 1.82) is 0 Å². The van der Waals surface area contributed by atoms with E-state index in [4.69, 9.17) is 4.74 Å². The Bertz CT molecular complexity index is 797. The molecule has 1 aliphatic heterocycles. The van der Waals surface area contributed by atoms with Crippen LogP contribution in [0.2, 0.25) is 0 Å². The van der Waals surface area contributed by atoms with Crippen LogP contribution < -0.4 is 4.74 Å². The molecule has 3 heteroatoms. The van der Waals surface area contributed by atoms with Crippen LogP contribution in [0.4, 0.5) is 0 Å². The van der Waals surface area contributed by atoms with Gasteiger partial charge in [0.15, 0.2) is 0 Å². The van der Waals surface area contributed by atoms with E-state index in [9.17, 15) is 0 Å². The first-order chi connectivity index (χ1) is 12.9. The van der Waals surface area contributed by atoms with E-state index in [0.29, 0.717) is 0 Å². The fraction of sp³-hybridized carbons (Fsp3) is 0.391. The highest BCUT2D eigenvalue weighted by molar-refractivity contribution is 8.76.